The van der Waals surface area contributed by atoms with Crippen LogP contribution in [0.25, 0.3) is 11.1 Å². The average Bonchev–Trinajstić information content (AvgIpc) is 3.12. The van der Waals surface area contributed by atoms with Crippen LogP contribution in [0.2, 0.25) is 0 Å². The summed E-state index contributed by atoms with van der Waals surface area (Å²) in [7, 11) is 0. The SMILES string of the molecule is CC[C@H](C)[C@H](NC(=O)OCC1c2ccccc2-c2ccccc21)C(=O)N(CC(=O)O)C(C)C. The number of carbonyl (C=O) groups is 3. The molecule has 2 atom stereocenters. The van der Waals surface area contributed by atoms with Gasteiger partial charge in [0.15, 0.2) is 0 Å². The standard InChI is InChI=1S/C26H32N2O5/c1-5-17(4)24(25(31)28(16(2)3)14-23(29)30)27-26(32)33-15-22-20-12-8-6-10-18(20)19-11-7-9-13-21(19)22/h6-13,16-17,22,24H,5,14-15H2,1-4H3,(H,27,32)(H,29,30)/t17-,24-/m0/s1. The lowest BCUT2D eigenvalue weighted by Crippen LogP contribution is -2.54. The largest absolute Gasteiger partial charge is 0.480 e. The van der Waals surface area contributed by atoms with E-state index >= 15 is 0 Å². The highest BCUT2D eigenvalue weighted by atomic mass is 16.5. The minimum absolute atomic E-state index is 0.0833. The van der Waals surface area contributed by atoms with E-state index in [1.807, 2.05) is 50.2 Å². The van der Waals surface area contributed by atoms with E-state index in [0.29, 0.717) is 6.42 Å². The van der Waals surface area contributed by atoms with Crippen LogP contribution in [0.15, 0.2) is 48.5 Å². The number of hydrogen-bond donors (Lipinski definition) is 2. The van der Waals surface area contributed by atoms with E-state index in [0.717, 1.165) is 22.3 Å². The molecular weight excluding hydrogens is 420 g/mol. The Bertz CT molecular complexity index is 974. The van der Waals surface area contributed by atoms with Crippen LogP contribution >= 0.6 is 0 Å². The summed E-state index contributed by atoms with van der Waals surface area (Å²) in [6, 6.07) is 15.0. The molecule has 0 aliphatic heterocycles. The Balaban J connectivity index is 1.73. The van der Waals surface area contributed by atoms with Gasteiger partial charge in [0.05, 0.1) is 0 Å². The van der Waals surface area contributed by atoms with E-state index in [4.69, 9.17) is 4.74 Å². The van der Waals surface area contributed by atoms with Crippen molar-refractivity contribution in [2.24, 2.45) is 5.92 Å². The van der Waals surface area contributed by atoms with Gasteiger partial charge in [-0.3, -0.25) is 9.59 Å². The van der Waals surface area contributed by atoms with Gasteiger partial charge in [0, 0.05) is 12.0 Å². The van der Waals surface area contributed by atoms with E-state index in [1.165, 1.54) is 4.90 Å². The number of amides is 2. The first kappa shape index (κ1) is 24.3. The van der Waals surface area contributed by atoms with E-state index in [2.05, 4.69) is 17.4 Å². The van der Waals surface area contributed by atoms with Gasteiger partial charge in [-0.2, -0.15) is 0 Å². The molecule has 0 bridgehead atoms. The van der Waals surface area contributed by atoms with Gasteiger partial charge < -0.3 is 20.1 Å². The van der Waals surface area contributed by atoms with Crippen molar-refractivity contribution in [3.05, 3.63) is 59.7 Å². The van der Waals surface area contributed by atoms with E-state index < -0.39 is 30.6 Å². The van der Waals surface area contributed by atoms with Crippen molar-refractivity contribution in [1.29, 1.82) is 0 Å². The molecule has 0 saturated heterocycles. The number of rotatable bonds is 9. The number of alkyl carbamates (subject to hydrolysis) is 1. The zero-order valence-corrected chi connectivity index (χ0v) is 19.6. The molecule has 0 fully saturated rings. The molecule has 3 rings (SSSR count). The number of carboxylic acid groups (broad SMARTS) is 1. The topological polar surface area (TPSA) is 95.9 Å². The van der Waals surface area contributed by atoms with Gasteiger partial charge in [-0.25, -0.2) is 4.79 Å². The quantitative estimate of drug-likeness (QED) is 0.593. The van der Waals surface area contributed by atoms with Gasteiger partial charge in [0.2, 0.25) is 5.91 Å². The third-order valence-corrected chi connectivity index (χ3v) is 6.31. The molecule has 0 saturated carbocycles. The van der Waals surface area contributed by atoms with Crippen molar-refractivity contribution in [1.82, 2.24) is 10.2 Å². The van der Waals surface area contributed by atoms with Crippen molar-refractivity contribution >= 4 is 18.0 Å². The molecular formula is C26H32N2O5. The van der Waals surface area contributed by atoms with E-state index in [9.17, 15) is 19.5 Å². The number of nitrogens with one attached hydrogen (secondary N) is 1. The van der Waals surface area contributed by atoms with Crippen molar-refractivity contribution in [3.63, 3.8) is 0 Å². The summed E-state index contributed by atoms with van der Waals surface area (Å²) in [6.07, 6.45) is -0.0476. The van der Waals surface area contributed by atoms with Gasteiger partial charge in [-0.15, -0.1) is 0 Å². The highest BCUT2D eigenvalue weighted by molar-refractivity contribution is 5.88. The summed E-state index contributed by atoms with van der Waals surface area (Å²) >= 11 is 0. The second-order valence-electron chi connectivity index (χ2n) is 8.79. The second-order valence-corrected chi connectivity index (χ2v) is 8.79. The summed E-state index contributed by atoms with van der Waals surface area (Å²) in [6.45, 7) is 7.00. The zero-order chi connectivity index (χ0) is 24.1. The Kier molecular flexibility index (Phi) is 7.74. The number of fused-ring (bicyclic) bond motifs is 3. The Morgan fingerprint density at radius 3 is 2.03 bits per heavy atom. The highest BCUT2D eigenvalue weighted by Crippen LogP contribution is 2.44. The minimum Gasteiger partial charge on any atom is -0.480 e. The van der Waals surface area contributed by atoms with Crippen molar-refractivity contribution in [2.45, 2.75) is 52.1 Å². The number of benzene rings is 2. The third kappa shape index (κ3) is 5.35. The maximum atomic E-state index is 13.1. The smallest absolute Gasteiger partial charge is 0.407 e. The monoisotopic (exact) mass is 452 g/mol. The van der Waals surface area contributed by atoms with Crippen LogP contribution in [0.5, 0.6) is 0 Å². The lowest BCUT2D eigenvalue weighted by molar-refractivity contribution is -0.147. The summed E-state index contributed by atoms with van der Waals surface area (Å²) in [4.78, 5) is 38.4. The van der Waals surface area contributed by atoms with Gasteiger partial charge >= 0.3 is 12.1 Å². The summed E-state index contributed by atoms with van der Waals surface area (Å²) in [5, 5.41) is 11.9. The molecule has 2 amide bonds. The van der Waals surface area contributed by atoms with Gasteiger partial charge in [0.1, 0.15) is 19.2 Å². The van der Waals surface area contributed by atoms with Crippen LogP contribution in [-0.4, -0.2) is 53.2 Å². The minimum atomic E-state index is -1.10. The first-order chi connectivity index (χ1) is 15.7. The number of carbonyl (C=O) groups excluding carboxylic acids is 2. The summed E-state index contributed by atoms with van der Waals surface area (Å²) in [5.41, 5.74) is 4.48. The lowest BCUT2D eigenvalue weighted by atomic mass is 9.97. The number of aliphatic carboxylic acids is 1. The lowest BCUT2D eigenvalue weighted by Gasteiger charge is -2.32. The van der Waals surface area contributed by atoms with Crippen LogP contribution in [0.1, 0.15) is 51.2 Å². The normalized spacial score (nSPS) is 14.2. The molecule has 0 unspecified atom stereocenters. The van der Waals surface area contributed by atoms with Gasteiger partial charge in [-0.1, -0.05) is 68.8 Å². The molecule has 7 heteroatoms. The first-order valence-electron chi connectivity index (χ1n) is 11.4. The van der Waals surface area contributed by atoms with Gasteiger partial charge in [-0.05, 0) is 42.0 Å². The molecule has 1 aliphatic carbocycles. The maximum Gasteiger partial charge on any atom is 0.407 e. The molecule has 7 nitrogen and oxygen atoms in total. The number of ether oxygens (including phenoxy) is 1. The molecule has 0 aromatic heterocycles. The maximum absolute atomic E-state index is 13.1. The van der Waals surface area contributed by atoms with Crippen LogP contribution in [0.4, 0.5) is 4.79 Å². The Labute approximate surface area is 194 Å². The molecule has 176 valence electrons. The Hall–Kier alpha value is -3.35. The number of nitrogens with zero attached hydrogens (tertiary/aromatic N) is 1. The fourth-order valence-electron chi connectivity index (χ4n) is 4.29. The molecule has 1 aliphatic rings. The molecule has 2 aromatic rings. The average molecular weight is 453 g/mol. The summed E-state index contributed by atoms with van der Waals surface area (Å²) in [5.74, 6) is -1.79. The fourth-order valence-corrected chi connectivity index (χ4v) is 4.29. The number of carboxylic acids is 1. The molecule has 0 radical (unpaired) electrons. The van der Waals surface area contributed by atoms with Gasteiger partial charge in [0.25, 0.3) is 0 Å². The molecule has 2 N–H and O–H groups in total. The Morgan fingerprint density at radius 1 is 1.00 bits per heavy atom. The Morgan fingerprint density at radius 2 is 1.55 bits per heavy atom. The second kappa shape index (κ2) is 10.5. The van der Waals surface area contributed by atoms with Crippen molar-refractivity contribution in [2.75, 3.05) is 13.2 Å². The third-order valence-electron chi connectivity index (χ3n) is 6.31. The van der Waals surface area contributed by atoms with Crippen LogP contribution < -0.4 is 5.32 Å². The zero-order valence-electron chi connectivity index (χ0n) is 19.6. The van der Waals surface area contributed by atoms with Crippen LogP contribution in [0.3, 0.4) is 0 Å². The summed E-state index contributed by atoms with van der Waals surface area (Å²) < 4.78 is 5.60. The van der Waals surface area contributed by atoms with E-state index in [-0.39, 0.29) is 24.5 Å². The highest BCUT2D eigenvalue weighted by Gasteiger charge is 2.34. The molecule has 2 aromatic carbocycles. The van der Waals surface area contributed by atoms with Crippen molar-refractivity contribution in [3.8, 4) is 11.1 Å². The fraction of sp³-hybridized carbons (Fsp3) is 0.423. The van der Waals surface area contributed by atoms with E-state index in [1.54, 1.807) is 13.8 Å². The van der Waals surface area contributed by atoms with Crippen molar-refractivity contribution < 1.29 is 24.2 Å². The van der Waals surface area contributed by atoms with Crippen LogP contribution in [-0.2, 0) is 14.3 Å². The molecule has 0 heterocycles. The van der Waals surface area contributed by atoms with Crippen LogP contribution in [0, 0.1) is 5.92 Å². The molecule has 33 heavy (non-hydrogen) atoms. The number of hydrogen-bond acceptors (Lipinski definition) is 4. The first-order valence-corrected chi connectivity index (χ1v) is 11.4. The molecule has 0 spiro atoms. The predicted octanol–water partition coefficient (Wildman–Crippen LogP) is 4.26. The predicted molar refractivity (Wildman–Crippen MR) is 126 cm³/mol.